The average molecular weight is 397 g/mol. The zero-order valence-corrected chi connectivity index (χ0v) is 16.0. The third-order valence-electron chi connectivity index (χ3n) is 4.54. The Morgan fingerprint density at radius 2 is 2.00 bits per heavy atom. The van der Waals surface area contributed by atoms with Crippen LogP contribution in [0.3, 0.4) is 0 Å². The van der Waals surface area contributed by atoms with E-state index in [1.54, 1.807) is 30.5 Å². The number of hydrogen-bond acceptors (Lipinski definition) is 6. The fourth-order valence-electron chi connectivity index (χ4n) is 3.10. The Morgan fingerprint density at radius 3 is 2.79 bits per heavy atom. The van der Waals surface area contributed by atoms with Crippen molar-refractivity contribution in [3.05, 3.63) is 65.9 Å². The molecule has 0 saturated heterocycles. The summed E-state index contributed by atoms with van der Waals surface area (Å²) >= 11 is 0. The molecule has 152 valence electrons. The van der Waals surface area contributed by atoms with Gasteiger partial charge in [0.1, 0.15) is 11.3 Å². The molecule has 0 spiro atoms. The van der Waals surface area contributed by atoms with Gasteiger partial charge in [0.15, 0.2) is 0 Å². The summed E-state index contributed by atoms with van der Waals surface area (Å²) in [7, 11) is -1.71. The van der Waals surface area contributed by atoms with Crippen LogP contribution >= 0.6 is 0 Å². The predicted molar refractivity (Wildman–Crippen MR) is 109 cm³/mol. The summed E-state index contributed by atoms with van der Waals surface area (Å²) in [6, 6.07) is 14.6. The first kappa shape index (κ1) is 20.9. The van der Waals surface area contributed by atoms with Crippen molar-refractivity contribution in [3.8, 4) is 5.75 Å². The number of rotatable bonds is 10. The van der Waals surface area contributed by atoms with Crippen molar-refractivity contribution >= 4 is 24.0 Å². The van der Waals surface area contributed by atoms with Crippen LogP contribution in [0, 0.1) is 0 Å². The van der Waals surface area contributed by atoms with Crippen LogP contribution in [0.5, 0.6) is 5.75 Å². The van der Waals surface area contributed by atoms with Gasteiger partial charge in [0.2, 0.25) is 5.91 Å². The van der Waals surface area contributed by atoms with Gasteiger partial charge in [-0.3, -0.25) is 4.79 Å². The summed E-state index contributed by atoms with van der Waals surface area (Å²) in [5, 5.41) is 31.8. The molecule has 0 aliphatic carbocycles. The third-order valence-corrected chi connectivity index (χ3v) is 4.54. The van der Waals surface area contributed by atoms with E-state index in [0.29, 0.717) is 24.4 Å². The number of hydrogen-bond donors (Lipinski definition) is 4. The number of para-hydroxylation sites is 1. The molecule has 1 heterocycles. The van der Waals surface area contributed by atoms with E-state index in [0.717, 1.165) is 16.5 Å². The second kappa shape index (κ2) is 10.1. The Hall–Kier alpha value is -2.81. The molecule has 1 amide bonds. The topological polar surface area (TPSA) is 112 Å². The summed E-state index contributed by atoms with van der Waals surface area (Å²) in [6.07, 6.45) is 2.40. The number of aliphatic hydroxyl groups is 1. The SMILES string of the molecule is O=C(Cc1cccc(OCCCO)c1)NC(Cc1coc2ccccc12)B(O)O. The third kappa shape index (κ3) is 5.84. The lowest BCUT2D eigenvalue weighted by Crippen LogP contribution is -2.48. The maximum absolute atomic E-state index is 12.5. The van der Waals surface area contributed by atoms with E-state index in [4.69, 9.17) is 14.3 Å². The molecule has 8 heteroatoms. The Kier molecular flexibility index (Phi) is 7.29. The highest BCUT2D eigenvalue weighted by atomic mass is 16.5. The number of aliphatic hydroxyl groups excluding tert-OH is 1. The molecule has 1 atom stereocenters. The monoisotopic (exact) mass is 397 g/mol. The first-order chi connectivity index (χ1) is 14.1. The Bertz CT molecular complexity index is 942. The molecular weight excluding hydrogens is 373 g/mol. The zero-order chi connectivity index (χ0) is 20.6. The minimum Gasteiger partial charge on any atom is -0.493 e. The van der Waals surface area contributed by atoms with E-state index < -0.39 is 13.1 Å². The fraction of sp³-hybridized carbons (Fsp3) is 0.286. The summed E-state index contributed by atoms with van der Waals surface area (Å²) in [4.78, 5) is 12.5. The van der Waals surface area contributed by atoms with Crippen molar-refractivity contribution in [2.75, 3.05) is 13.2 Å². The van der Waals surface area contributed by atoms with Crippen LogP contribution in [0.25, 0.3) is 11.0 Å². The van der Waals surface area contributed by atoms with Gasteiger partial charge in [-0.1, -0.05) is 30.3 Å². The quantitative estimate of drug-likeness (QED) is 0.305. The van der Waals surface area contributed by atoms with Gasteiger partial charge in [0.25, 0.3) is 0 Å². The van der Waals surface area contributed by atoms with Gasteiger partial charge in [0.05, 0.1) is 25.2 Å². The highest BCUT2D eigenvalue weighted by molar-refractivity contribution is 6.43. The molecule has 0 radical (unpaired) electrons. The minimum atomic E-state index is -1.71. The van der Waals surface area contributed by atoms with E-state index >= 15 is 0 Å². The molecule has 2 aromatic carbocycles. The molecule has 1 unspecified atom stereocenters. The number of carbonyl (C=O) groups is 1. The highest BCUT2D eigenvalue weighted by Gasteiger charge is 2.27. The van der Waals surface area contributed by atoms with Crippen LogP contribution < -0.4 is 10.1 Å². The molecular formula is C21H24BNO6. The van der Waals surface area contributed by atoms with Crippen LogP contribution in [0.2, 0.25) is 0 Å². The van der Waals surface area contributed by atoms with Crippen LogP contribution in [0.15, 0.2) is 59.2 Å². The molecule has 1 aromatic heterocycles. The molecule has 0 fully saturated rings. The number of furan rings is 1. The van der Waals surface area contributed by atoms with Gasteiger partial charge in [-0.05, 0) is 35.7 Å². The number of nitrogens with one attached hydrogen (secondary N) is 1. The minimum absolute atomic E-state index is 0.0545. The summed E-state index contributed by atoms with van der Waals surface area (Å²) < 4.78 is 11.0. The van der Waals surface area contributed by atoms with Gasteiger partial charge in [-0.15, -0.1) is 0 Å². The normalized spacial score (nSPS) is 12.0. The van der Waals surface area contributed by atoms with Gasteiger partial charge >= 0.3 is 7.12 Å². The Balaban J connectivity index is 1.62. The van der Waals surface area contributed by atoms with Crippen molar-refractivity contribution in [1.82, 2.24) is 5.32 Å². The molecule has 0 aliphatic heterocycles. The number of carbonyl (C=O) groups excluding carboxylic acids is 1. The molecule has 0 aliphatic rings. The van der Waals surface area contributed by atoms with E-state index in [2.05, 4.69) is 5.32 Å². The van der Waals surface area contributed by atoms with Crippen molar-refractivity contribution in [2.45, 2.75) is 25.2 Å². The Morgan fingerprint density at radius 1 is 1.17 bits per heavy atom. The number of amides is 1. The van der Waals surface area contributed by atoms with Gasteiger partial charge in [-0.25, -0.2) is 0 Å². The molecule has 4 N–H and O–H groups in total. The van der Waals surface area contributed by atoms with Crippen molar-refractivity contribution in [1.29, 1.82) is 0 Å². The molecule has 29 heavy (non-hydrogen) atoms. The standard InChI is InChI=1S/C21H24BNO6/c24-9-4-10-28-17-6-3-5-15(11-17)12-21(25)23-20(22(26)27)13-16-14-29-19-8-2-1-7-18(16)19/h1-3,5-8,11,14,20,24,26-27H,4,9-10,12-13H2,(H,23,25). The van der Waals surface area contributed by atoms with Crippen molar-refractivity contribution < 1.29 is 29.1 Å². The van der Waals surface area contributed by atoms with Crippen molar-refractivity contribution in [2.24, 2.45) is 0 Å². The maximum Gasteiger partial charge on any atom is 0.475 e. The second-order valence-electron chi connectivity index (χ2n) is 6.80. The summed E-state index contributed by atoms with van der Waals surface area (Å²) in [5.74, 6) is -0.580. The fourth-order valence-corrected chi connectivity index (χ4v) is 3.10. The molecule has 3 aromatic rings. The Labute approximate surface area is 169 Å². The predicted octanol–water partition coefficient (Wildman–Crippen LogP) is 1.48. The lowest BCUT2D eigenvalue weighted by atomic mass is 9.75. The largest absolute Gasteiger partial charge is 0.493 e. The van der Waals surface area contributed by atoms with E-state index in [1.165, 1.54) is 0 Å². The van der Waals surface area contributed by atoms with E-state index in [9.17, 15) is 14.8 Å². The van der Waals surface area contributed by atoms with Gasteiger partial charge in [0, 0.05) is 18.4 Å². The van der Waals surface area contributed by atoms with E-state index in [1.807, 2.05) is 24.3 Å². The number of ether oxygens (including phenoxy) is 1. The summed E-state index contributed by atoms with van der Waals surface area (Å²) in [6.45, 7) is 0.447. The number of fused-ring (bicyclic) bond motifs is 1. The van der Waals surface area contributed by atoms with Crippen LogP contribution in [0.4, 0.5) is 0 Å². The zero-order valence-electron chi connectivity index (χ0n) is 16.0. The molecule has 7 nitrogen and oxygen atoms in total. The van der Waals surface area contributed by atoms with Crippen LogP contribution in [-0.4, -0.2) is 47.3 Å². The molecule has 0 bridgehead atoms. The van der Waals surface area contributed by atoms with Gasteiger partial charge < -0.3 is 29.6 Å². The van der Waals surface area contributed by atoms with E-state index in [-0.39, 0.29) is 25.4 Å². The second-order valence-corrected chi connectivity index (χ2v) is 6.80. The van der Waals surface area contributed by atoms with Crippen LogP contribution in [-0.2, 0) is 17.6 Å². The average Bonchev–Trinajstić information content (AvgIpc) is 3.11. The lowest BCUT2D eigenvalue weighted by Gasteiger charge is -2.17. The lowest BCUT2D eigenvalue weighted by molar-refractivity contribution is -0.120. The van der Waals surface area contributed by atoms with Gasteiger partial charge in [-0.2, -0.15) is 0 Å². The van der Waals surface area contributed by atoms with Crippen molar-refractivity contribution in [3.63, 3.8) is 0 Å². The molecule has 0 saturated carbocycles. The number of benzene rings is 2. The van der Waals surface area contributed by atoms with Crippen LogP contribution in [0.1, 0.15) is 17.5 Å². The molecule has 3 rings (SSSR count). The smallest absolute Gasteiger partial charge is 0.475 e. The summed E-state index contributed by atoms with van der Waals surface area (Å²) in [5.41, 5.74) is 2.24. The first-order valence-electron chi connectivity index (χ1n) is 9.50. The highest BCUT2D eigenvalue weighted by Crippen LogP contribution is 2.22. The maximum atomic E-state index is 12.5. The first-order valence-corrected chi connectivity index (χ1v) is 9.50.